The molecule has 1 fully saturated rings. The van der Waals surface area contributed by atoms with Gasteiger partial charge in [-0.15, -0.1) is 0 Å². The molecule has 2 rings (SSSR count). The molecule has 1 aliphatic rings. The molecular formula is C17H27N3O. The topological polar surface area (TPSA) is 49.6 Å². The second-order valence-electron chi connectivity index (χ2n) is 6.37. The van der Waals surface area contributed by atoms with Gasteiger partial charge in [-0.25, -0.2) is 0 Å². The smallest absolute Gasteiger partial charge is 0.256 e. The van der Waals surface area contributed by atoms with Crippen LogP contribution in [0, 0.1) is 0 Å². The number of benzene rings is 1. The van der Waals surface area contributed by atoms with Gasteiger partial charge < -0.3 is 15.5 Å². The summed E-state index contributed by atoms with van der Waals surface area (Å²) in [5.41, 5.74) is 8.30. The first kappa shape index (κ1) is 15.7. The molecule has 2 N–H and O–H groups in total. The van der Waals surface area contributed by atoms with Crippen molar-refractivity contribution in [3.8, 4) is 0 Å². The van der Waals surface area contributed by atoms with Crippen molar-refractivity contribution in [3.05, 3.63) is 23.8 Å². The highest BCUT2D eigenvalue weighted by atomic mass is 16.2. The number of nitrogens with two attached hydrogens (primary N) is 1. The number of likely N-dealkylation sites (tertiary alicyclic amines) is 1. The van der Waals surface area contributed by atoms with Gasteiger partial charge in [0.05, 0.1) is 11.3 Å². The molecule has 1 aromatic rings. The minimum atomic E-state index is 0.112. The molecule has 0 saturated carbocycles. The molecule has 1 aromatic carbocycles. The Bertz CT molecular complexity index is 497. The summed E-state index contributed by atoms with van der Waals surface area (Å²) in [6.07, 6.45) is 2.20. The van der Waals surface area contributed by atoms with E-state index in [2.05, 4.69) is 32.6 Å². The van der Waals surface area contributed by atoms with Gasteiger partial charge in [-0.3, -0.25) is 4.79 Å². The number of anilines is 2. The Morgan fingerprint density at radius 2 is 1.71 bits per heavy atom. The standard InChI is InChI=1S/C17H27N3O/c1-12(2)20(13(3)4)16-8-7-14(18)11-15(16)17(21)19-9-5-6-10-19/h7-8,11-13H,5-6,9-10,18H2,1-4H3. The zero-order chi connectivity index (χ0) is 15.6. The van der Waals surface area contributed by atoms with Gasteiger partial charge >= 0.3 is 0 Å². The largest absolute Gasteiger partial charge is 0.399 e. The van der Waals surface area contributed by atoms with Crippen molar-refractivity contribution in [1.82, 2.24) is 4.90 Å². The summed E-state index contributed by atoms with van der Waals surface area (Å²) in [7, 11) is 0. The molecule has 0 radical (unpaired) electrons. The van der Waals surface area contributed by atoms with Crippen molar-refractivity contribution >= 4 is 17.3 Å². The van der Waals surface area contributed by atoms with Gasteiger partial charge in [0.15, 0.2) is 0 Å². The number of amides is 1. The predicted octanol–water partition coefficient (Wildman–Crippen LogP) is 3.13. The minimum Gasteiger partial charge on any atom is -0.399 e. The molecule has 0 atom stereocenters. The summed E-state index contributed by atoms with van der Waals surface area (Å²) in [5.74, 6) is 0.112. The van der Waals surface area contributed by atoms with Crippen LogP contribution in [0.3, 0.4) is 0 Å². The van der Waals surface area contributed by atoms with E-state index in [1.54, 1.807) is 0 Å². The number of nitrogen functional groups attached to an aromatic ring is 1. The maximum atomic E-state index is 12.8. The minimum absolute atomic E-state index is 0.112. The number of hydrogen-bond donors (Lipinski definition) is 1. The molecule has 116 valence electrons. The molecule has 0 aliphatic carbocycles. The molecule has 0 unspecified atom stereocenters. The third-order valence-electron chi connectivity index (χ3n) is 4.04. The van der Waals surface area contributed by atoms with Crippen LogP contribution in [0.5, 0.6) is 0 Å². The van der Waals surface area contributed by atoms with Crippen LogP contribution in [0.1, 0.15) is 50.9 Å². The third-order valence-corrected chi connectivity index (χ3v) is 4.04. The number of rotatable bonds is 4. The van der Waals surface area contributed by atoms with E-state index in [0.29, 0.717) is 17.8 Å². The van der Waals surface area contributed by atoms with Crippen molar-refractivity contribution in [2.45, 2.75) is 52.6 Å². The summed E-state index contributed by atoms with van der Waals surface area (Å²) in [5, 5.41) is 0. The SMILES string of the molecule is CC(C)N(c1ccc(N)cc1C(=O)N1CCCC1)C(C)C. The Labute approximate surface area is 127 Å². The highest BCUT2D eigenvalue weighted by Gasteiger charge is 2.26. The zero-order valence-corrected chi connectivity index (χ0v) is 13.6. The van der Waals surface area contributed by atoms with E-state index >= 15 is 0 Å². The Morgan fingerprint density at radius 1 is 1.14 bits per heavy atom. The molecule has 0 aromatic heterocycles. The fourth-order valence-corrected chi connectivity index (χ4v) is 3.19. The molecule has 1 heterocycles. The third kappa shape index (κ3) is 3.31. The second-order valence-corrected chi connectivity index (χ2v) is 6.37. The van der Waals surface area contributed by atoms with Gasteiger partial charge in [-0.05, 0) is 58.7 Å². The average molecular weight is 289 g/mol. The van der Waals surface area contributed by atoms with Crippen LogP contribution in [-0.2, 0) is 0 Å². The van der Waals surface area contributed by atoms with E-state index < -0.39 is 0 Å². The van der Waals surface area contributed by atoms with E-state index in [1.165, 1.54) is 0 Å². The first-order valence-electron chi connectivity index (χ1n) is 7.89. The van der Waals surface area contributed by atoms with Gasteiger partial charge in [0.1, 0.15) is 0 Å². The second kappa shape index (κ2) is 6.37. The lowest BCUT2D eigenvalue weighted by atomic mass is 10.1. The molecule has 1 aliphatic heterocycles. The molecule has 0 bridgehead atoms. The van der Waals surface area contributed by atoms with E-state index in [1.807, 2.05) is 23.1 Å². The Hall–Kier alpha value is -1.71. The lowest BCUT2D eigenvalue weighted by Gasteiger charge is -2.35. The Balaban J connectivity index is 2.43. The maximum Gasteiger partial charge on any atom is 0.256 e. The molecule has 4 heteroatoms. The molecular weight excluding hydrogens is 262 g/mol. The summed E-state index contributed by atoms with van der Waals surface area (Å²) in [6, 6.07) is 6.36. The number of carbonyl (C=O) groups excluding carboxylic acids is 1. The summed E-state index contributed by atoms with van der Waals surface area (Å²) < 4.78 is 0. The van der Waals surface area contributed by atoms with Crippen LogP contribution in [0.25, 0.3) is 0 Å². The van der Waals surface area contributed by atoms with Crippen LogP contribution in [0.4, 0.5) is 11.4 Å². The highest BCUT2D eigenvalue weighted by molar-refractivity contribution is 6.01. The molecule has 1 amide bonds. The van der Waals surface area contributed by atoms with Crippen LogP contribution in [-0.4, -0.2) is 36.0 Å². The van der Waals surface area contributed by atoms with E-state index in [4.69, 9.17) is 5.73 Å². The Kier molecular flexibility index (Phi) is 4.76. The highest BCUT2D eigenvalue weighted by Crippen LogP contribution is 2.29. The monoisotopic (exact) mass is 289 g/mol. The quantitative estimate of drug-likeness (QED) is 0.866. The van der Waals surface area contributed by atoms with E-state index in [9.17, 15) is 4.79 Å². The zero-order valence-electron chi connectivity index (χ0n) is 13.6. The maximum absolute atomic E-state index is 12.8. The summed E-state index contributed by atoms with van der Waals surface area (Å²) >= 11 is 0. The average Bonchev–Trinajstić information content (AvgIpc) is 2.93. The fourth-order valence-electron chi connectivity index (χ4n) is 3.19. The molecule has 1 saturated heterocycles. The van der Waals surface area contributed by atoms with Crippen molar-refractivity contribution in [2.24, 2.45) is 0 Å². The van der Waals surface area contributed by atoms with Gasteiger partial charge in [0.2, 0.25) is 0 Å². The fraction of sp³-hybridized carbons (Fsp3) is 0.588. The van der Waals surface area contributed by atoms with Gasteiger partial charge in [-0.1, -0.05) is 0 Å². The molecule has 0 spiro atoms. The van der Waals surface area contributed by atoms with Crippen molar-refractivity contribution in [2.75, 3.05) is 23.7 Å². The van der Waals surface area contributed by atoms with Crippen LogP contribution < -0.4 is 10.6 Å². The Morgan fingerprint density at radius 3 is 2.24 bits per heavy atom. The van der Waals surface area contributed by atoms with Gasteiger partial charge in [0.25, 0.3) is 5.91 Å². The summed E-state index contributed by atoms with van der Waals surface area (Å²) in [4.78, 5) is 17.0. The lowest BCUT2D eigenvalue weighted by Crippen LogP contribution is -2.39. The van der Waals surface area contributed by atoms with Gasteiger partial charge in [0, 0.05) is 30.9 Å². The normalized spacial score (nSPS) is 15.0. The predicted molar refractivity (Wildman–Crippen MR) is 88.7 cm³/mol. The van der Waals surface area contributed by atoms with Crippen LogP contribution in [0.15, 0.2) is 18.2 Å². The molecule has 21 heavy (non-hydrogen) atoms. The van der Waals surface area contributed by atoms with Crippen molar-refractivity contribution < 1.29 is 4.79 Å². The van der Waals surface area contributed by atoms with E-state index in [0.717, 1.165) is 37.2 Å². The summed E-state index contributed by atoms with van der Waals surface area (Å²) in [6.45, 7) is 10.3. The van der Waals surface area contributed by atoms with Crippen molar-refractivity contribution in [1.29, 1.82) is 0 Å². The van der Waals surface area contributed by atoms with Crippen molar-refractivity contribution in [3.63, 3.8) is 0 Å². The van der Waals surface area contributed by atoms with Gasteiger partial charge in [-0.2, -0.15) is 0 Å². The lowest BCUT2D eigenvalue weighted by molar-refractivity contribution is 0.0793. The number of hydrogen-bond acceptors (Lipinski definition) is 3. The van der Waals surface area contributed by atoms with Crippen LogP contribution >= 0.6 is 0 Å². The first-order valence-corrected chi connectivity index (χ1v) is 7.89. The van der Waals surface area contributed by atoms with Crippen LogP contribution in [0.2, 0.25) is 0 Å². The van der Waals surface area contributed by atoms with E-state index in [-0.39, 0.29) is 5.91 Å². The molecule has 4 nitrogen and oxygen atoms in total. The number of carbonyl (C=O) groups is 1. The number of nitrogens with zero attached hydrogens (tertiary/aromatic N) is 2. The first-order chi connectivity index (χ1) is 9.91.